The minimum atomic E-state index is -0.155. The van der Waals surface area contributed by atoms with E-state index in [0.717, 1.165) is 5.69 Å². The number of ketones is 1. The lowest BCUT2D eigenvalue weighted by Crippen LogP contribution is -2.04. The molecule has 15 heavy (non-hydrogen) atoms. The third-order valence-corrected chi connectivity index (χ3v) is 2.24. The summed E-state index contributed by atoms with van der Waals surface area (Å²) >= 11 is 0. The van der Waals surface area contributed by atoms with Crippen molar-refractivity contribution in [1.29, 1.82) is 5.26 Å². The summed E-state index contributed by atoms with van der Waals surface area (Å²) in [6.07, 6.45) is -0.0798. The number of Topliss-reactive ketones (excluding diaryl/α,β-unsaturated/α-hetero) is 1. The molecule has 1 rings (SSSR count). The van der Waals surface area contributed by atoms with Gasteiger partial charge in [-0.15, -0.1) is 0 Å². The Labute approximate surface area is 89.8 Å². The van der Waals surface area contributed by atoms with Gasteiger partial charge in [-0.3, -0.25) is 9.78 Å². The number of aromatic nitrogens is 1. The van der Waals surface area contributed by atoms with Crippen LogP contribution >= 0.6 is 0 Å². The Kier molecular flexibility index (Phi) is 3.56. The molecule has 3 heteroatoms. The van der Waals surface area contributed by atoms with Gasteiger partial charge in [0.15, 0.2) is 5.78 Å². The number of hydrogen-bond donors (Lipinski definition) is 0. The van der Waals surface area contributed by atoms with E-state index in [0.29, 0.717) is 17.2 Å². The van der Waals surface area contributed by atoms with Gasteiger partial charge in [0, 0.05) is 17.0 Å². The third kappa shape index (κ3) is 2.63. The van der Waals surface area contributed by atoms with Gasteiger partial charge in [-0.05, 0) is 25.0 Å². The molecule has 0 aliphatic heterocycles. The lowest BCUT2D eigenvalue weighted by molar-refractivity contribution is 0.0996. The van der Waals surface area contributed by atoms with Gasteiger partial charge in [0.1, 0.15) is 0 Å². The highest BCUT2D eigenvalue weighted by molar-refractivity contribution is 5.98. The quantitative estimate of drug-likeness (QED) is 0.708. The van der Waals surface area contributed by atoms with Gasteiger partial charge in [0.2, 0.25) is 0 Å². The molecule has 0 atom stereocenters. The highest BCUT2D eigenvalue weighted by atomic mass is 16.1. The lowest BCUT2D eigenvalue weighted by atomic mass is 10.0. The molecule has 0 saturated carbocycles. The van der Waals surface area contributed by atoms with Crippen LogP contribution in [0.1, 0.15) is 47.9 Å². The predicted molar refractivity (Wildman–Crippen MR) is 57.6 cm³/mol. The Morgan fingerprint density at radius 1 is 1.53 bits per heavy atom. The number of carbonyl (C=O) groups excluding carboxylic acids is 1. The predicted octanol–water partition coefficient (Wildman–Crippen LogP) is 2.61. The first-order valence-electron chi connectivity index (χ1n) is 4.94. The zero-order chi connectivity index (χ0) is 11.4. The Morgan fingerprint density at radius 3 is 2.67 bits per heavy atom. The molecule has 0 amide bonds. The summed E-state index contributed by atoms with van der Waals surface area (Å²) in [7, 11) is 0. The number of carbonyl (C=O) groups is 1. The summed E-state index contributed by atoms with van der Waals surface area (Å²) in [5, 5.41) is 8.44. The summed E-state index contributed by atoms with van der Waals surface area (Å²) in [6.45, 7) is 5.91. The van der Waals surface area contributed by atoms with Gasteiger partial charge < -0.3 is 0 Å². The molecule has 3 nitrogen and oxygen atoms in total. The van der Waals surface area contributed by atoms with Crippen LogP contribution in [0.4, 0.5) is 0 Å². The molecule has 0 aliphatic carbocycles. The van der Waals surface area contributed by atoms with Crippen molar-refractivity contribution in [2.45, 2.75) is 33.1 Å². The number of pyridine rings is 1. The van der Waals surface area contributed by atoms with E-state index in [2.05, 4.69) is 18.8 Å². The van der Waals surface area contributed by atoms with E-state index in [1.54, 1.807) is 13.0 Å². The van der Waals surface area contributed by atoms with Crippen LogP contribution in [-0.4, -0.2) is 10.8 Å². The van der Waals surface area contributed by atoms with Crippen molar-refractivity contribution < 1.29 is 4.79 Å². The number of hydrogen-bond acceptors (Lipinski definition) is 3. The van der Waals surface area contributed by atoms with Gasteiger partial charge in [0.05, 0.1) is 12.5 Å². The van der Waals surface area contributed by atoms with Crippen molar-refractivity contribution in [2.75, 3.05) is 0 Å². The Hall–Kier alpha value is -1.69. The molecule has 0 fully saturated rings. The first kappa shape index (κ1) is 11.4. The topological polar surface area (TPSA) is 53.8 Å². The summed E-state index contributed by atoms with van der Waals surface area (Å²) in [4.78, 5) is 15.8. The first-order valence-corrected chi connectivity index (χ1v) is 4.94. The smallest absolute Gasteiger partial charge is 0.178 e. The second-order valence-electron chi connectivity index (χ2n) is 3.78. The van der Waals surface area contributed by atoms with Crippen molar-refractivity contribution in [3.8, 4) is 6.07 Å². The van der Waals surface area contributed by atoms with Crippen LogP contribution < -0.4 is 0 Å². The van der Waals surface area contributed by atoms with Crippen LogP contribution in [0.25, 0.3) is 0 Å². The first-order chi connectivity index (χ1) is 7.06. The normalized spacial score (nSPS) is 10.1. The number of nitriles is 1. The average Bonchev–Trinajstić information content (AvgIpc) is 2.17. The minimum Gasteiger partial charge on any atom is -0.293 e. The lowest BCUT2D eigenvalue weighted by Gasteiger charge is -2.07. The molecule has 1 aromatic rings. The Balaban J connectivity index is 3.04. The number of aryl methyl sites for hydroxylation is 1. The fraction of sp³-hybridized carbons (Fsp3) is 0.417. The van der Waals surface area contributed by atoms with Crippen molar-refractivity contribution >= 4 is 5.78 Å². The van der Waals surface area contributed by atoms with Crippen molar-refractivity contribution in [2.24, 2.45) is 0 Å². The standard InChI is InChI=1S/C12H14N2O/c1-8(2)11-5-4-10(9(3)14-11)12(15)6-7-13/h4-5,8H,6H2,1-3H3. The zero-order valence-electron chi connectivity index (χ0n) is 9.24. The highest BCUT2D eigenvalue weighted by Gasteiger charge is 2.11. The second-order valence-corrected chi connectivity index (χ2v) is 3.78. The molecule has 0 N–H and O–H groups in total. The van der Waals surface area contributed by atoms with E-state index in [1.807, 2.05) is 12.1 Å². The minimum absolute atomic E-state index is 0.0798. The maximum absolute atomic E-state index is 11.5. The van der Waals surface area contributed by atoms with Gasteiger partial charge in [-0.2, -0.15) is 5.26 Å². The molecule has 1 heterocycles. The average molecular weight is 202 g/mol. The largest absolute Gasteiger partial charge is 0.293 e. The van der Waals surface area contributed by atoms with Crippen LogP contribution in [0.15, 0.2) is 12.1 Å². The van der Waals surface area contributed by atoms with Crippen molar-refractivity contribution in [3.63, 3.8) is 0 Å². The Morgan fingerprint density at radius 2 is 2.20 bits per heavy atom. The van der Waals surface area contributed by atoms with Crippen LogP contribution in [0.3, 0.4) is 0 Å². The third-order valence-electron chi connectivity index (χ3n) is 2.24. The van der Waals surface area contributed by atoms with Gasteiger partial charge in [0.25, 0.3) is 0 Å². The molecule has 0 spiro atoms. The van der Waals surface area contributed by atoms with Gasteiger partial charge >= 0.3 is 0 Å². The number of rotatable bonds is 3. The second kappa shape index (κ2) is 4.70. The highest BCUT2D eigenvalue weighted by Crippen LogP contribution is 2.15. The molecule has 1 aromatic heterocycles. The van der Waals surface area contributed by atoms with Crippen LogP contribution in [0.5, 0.6) is 0 Å². The van der Waals surface area contributed by atoms with Crippen molar-refractivity contribution in [1.82, 2.24) is 4.98 Å². The molecule has 78 valence electrons. The fourth-order valence-electron chi connectivity index (χ4n) is 1.36. The molecule has 0 unspecified atom stereocenters. The van der Waals surface area contributed by atoms with Crippen LogP contribution in [0.2, 0.25) is 0 Å². The maximum Gasteiger partial charge on any atom is 0.178 e. The van der Waals surface area contributed by atoms with E-state index >= 15 is 0 Å². The zero-order valence-corrected chi connectivity index (χ0v) is 9.24. The molecule has 0 aliphatic rings. The van der Waals surface area contributed by atoms with E-state index in [1.165, 1.54) is 0 Å². The maximum atomic E-state index is 11.5. The summed E-state index contributed by atoms with van der Waals surface area (Å²) < 4.78 is 0. The summed E-state index contributed by atoms with van der Waals surface area (Å²) in [6, 6.07) is 5.46. The van der Waals surface area contributed by atoms with Crippen LogP contribution in [-0.2, 0) is 0 Å². The fourth-order valence-corrected chi connectivity index (χ4v) is 1.36. The van der Waals surface area contributed by atoms with E-state index in [-0.39, 0.29) is 12.2 Å². The summed E-state index contributed by atoms with van der Waals surface area (Å²) in [5.41, 5.74) is 2.24. The van der Waals surface area contributed by atoms with E-state index in [4.69, 9.17) is 5.26 Å². The van der Waals surface area contributed by atoms with E-state index < -0.39 is 0 Å². The summed E-state index contributed by atoms with van der Waals surface area (Å²) in [5.74, 6) is 0.196. The molecule has 0 radical (unpaired) electrons. The SMILES string of the molecule is Cc1nc(C(C)C)ccc1C(=O)CC#N. The Bertz CT molecular complexity index is 416. The van der Waals surface area contributed by atoms with Gasteiger partial charge in [-0.1, -0.05) is 13.8 Å². The molecule has 0 bridgehead atoms. The van der Waals surface area contributed by atoms with Gasteiger partial charge in [-0.25, -0.2) is 0 Å². The van der Waals surface area contributed by atoms with Crippen molar-refractivity contribution in [3.05, 3.63) is 29.1 Å². The molecular weight excluding hydrogens is 188 g/mol. The molecular formula is C12H14N2O. The van der Waals surface area contributed by atoms with Crippen LogP contribution in [0, 0.1) is 18.3 Å². The molecule has 0 saturated heterocycles. The number of nitrogens with zero attached hydrogens (tertiary/aromatic N) is 2. The monoisotopic (exact) mass is 202 g/mol. The molecule has 0 aromatic carbocycles. The van der Waals surface area contributed by atoms with E-state index in [9.17, 15) is 4.79 Å².